The Kier molecular flexibility index (Phi) is 15.3. The first-order chi connectivity index (χ1) is 21.6. The third-order valence-corrected chi connectivity index (χ3v) is 5.96. The normalized spacial score (nSPS) is 17.3. The smallest absolute Gasteiger partial charge is 0.476 e. The molecule has 11 nitrogen and oxygen atoms in total. The Labute approximate surface area is 258 Å². The third kappa shape index (κ3) is 15.7. The predicted octanol–water partition coefficient (Wildman–Crippen LogP) is 4.97. The highest BCUT2D eigenvalue weighted by Gasteiger charge is 2.47. The Balaban J connectivity index is 0.000000430. The van der Waals surface area contributed by atoms with Crippen molar-refractivity contribution in [3.8, 4) is 5.88 Å². The molecule has 0 radical (unpaired) electrons. The van der Waals surface area contributed by atoms with E-state index in [1.54, 1.807) is 18.5 Å². The lowest BCUT2D eigenvalue weighted by Gasteiger charge is -2.53. The van der Waals surface area contributed by atoms with Gasteiger partial charge in [-0.1, -0.05) is 6.07 Å². The van der Waals surface area contributed by atoms with Gasteiger partial charge in [0.2, 0.25) is 5.88 Å². The number of aromatic nitrogens is 2. The average Bonchev–Trinajstić information content (AvgIpc) is 2.93. The highest BCUT2D eigenvalue weighted by atomic mass is 19.4. The molecule has 2 aliphatic heterocycles. The number of hydrogen-bond acceptors (Lipinski definition) is 8. The zero-order valence-electron chi connectivity index (χ0n) is 23.8. The Morgan fingerprint density at radius 1 is 0.894 bits per heavy atom. The fraction of sp³-hybridized carbons (Fsp3) is 0.500. The maximum absolute atomic E-state index is 13.5. The van der Waals surface area contributed by atoms with Crippen molar-refractivity contribution in [3.63, 3.8) is 0 Å². The van der Waals surface area contributed by atoms with Gasteiger partial charge in [-0.3, -0.25) is 9.88 Å². The maximum atomic E-state index is 13.5. The van der Waals surface area contributed by atoms with E-state index >= 15 is 0 Å². The number of hydrogen-bond donors (Lipinski definition) is 3. The van der Waals surface area contributed by atoms with Crippen molar-refractivity contribution in [2.45, 2.75) is 49.9 Å². The van der Waals surface area contributed by atoms with Crippen LogP contribution in [0.5, 0.6) is 5.88 Å². The van der Waals surface area contributed by atoms with Gasteiger partial charge < -0.3 is 24.8 Å². The first kappa shape index (κ1) is 40.8. The van der Waals surface area contributed by atoms with Gasteiger partial charge in [0.15, 0.2) is 5.82 Å². The van der Waals surface area contributed by atoms with Crippen LogP contribution in [0.15, 0.2) is 42.9 Å². The summed E-state index contributed by atoms with van der Waals surface area (Å²) < 4.78 is 120. The summed E-state index contributed by atoms with van der Waals surface area (Å²) in [6.07, 6.45) is -6.99. The van der Waals surface area contributed by atoms with E-state index in [4.69, 9.17) is 39.2 Å². The molecule has 47 heavy (non-hydrogen) atoms. The monoisotopic (exact) mass is 699 g/mol. The minimum atomic E-state index is -5.08. The van der Waals surface area contributed by atoms with Crippen LogP contribution in [0.4, 0.5) is 43.9 Å². The minimum absolute atomic E-state index is 0.0125. The number of nitrogens with zero attached hydrogens (tertiary/aromatic N) is 3. The van der Waals surface area contributed by atoms with Crippen molar-refractivity contribution in [1.29, 1.82) is 0 Å². The SMILES string of the molecule is Fc1cccnc1OCCC1CCOC2(C1)CN(Cc1cccnc1)C2.O=C(O)C(F)(F)F.O=C(O)C(F)(F)F.O=C(O)C(F)(F)F. The molecule has 2 saturated heterocycles. The molecule has 2 aromatic heterocycles. The van der Waals surface area contributed by atoms with E-state index in [0.29, 0.717) is 12.5 Å². The molecule has 2 fully saturated rings. The summed E-state index contributed by atoms with van der Waals surface area (Å²) in [5, 5.41) is 21.4. The molecule has 0 amide bonds. The number of ether oxygens (including phenoxy) is 2. The van der Waals surface area contributed by atoms with E-state index in [2.05, 4.69) is 20.9 Å². The molecular formula is C26H27F10N3O8. The molecule has 1 spiro atoms. The van der Waals surface area contributed by atoms with Gasteiger partial charge in [0.25, 0.3) is 0 Å². The number of aliphatic carboxylic acids is 3. The molecule has 0 aliphatic carbocycles. The topological polar surface area (TPSA) is 159 Å². The van der Waals surface area contributed by atoms with Crippen molar-refractivity contribution < 1.29 is 83.1 Å². The first-order valence-electron chi connectivity index (χ1n) is 12.9. The Bertz CT molecular complexity index is 1230. The number of pyridine rings is 2. The molecule has 264 valence electrons. The molecule has 3 N–H and O–H groups in total. The Hall–Kier alpha value is -4.27. The van der Waals surface area contributed by atoms with Gasteiger partial charge in [0.1, 0.15) is 0 Å². The zero-order valence-corrected chi connectivity index (χ0v) is 23.8. The number of carboxylic acids is 3. The molecule has 2 aliphatic rings. The zero-order chi connectivity index (χ0) is 36.1. The first-order valence-corrected chi connectivity index (χ1v) is 12.9. The van der Waals surface area contributed by atoms with Crippen LogP contribution in [0.2, 0.25) is 0 Å². The second kappa shape index (κ2) is 17.6. The van der Waals surface area contributed by atoms with Crippen LogP contribution in [0.25, 0.3) is 0 Å². The standard InChI is InChI=1S/C20H24FN3O2.3C2HF3O2/c21-18-4-2-8-23-19(18)25-9-5-16-6-10-26-20(11-16)14-24(15-20)13-17-3-1-7-22-12-17;3*3-2(4,5)1(6)7/h1-4,7-8,12,16H,5-6,9-11,13-15H2;3*(H,6,7). The summed E-state index contributed by atoms with van der Waals surface area (Å²) in [6, 6.07) is 7.02. The lowest BCUT2D eigenvalue weighted by atomic mass is 9.79. The van der Waals surface area contributed by atoms with E-state index < -0.39 is 42.3 Å². The van der Waals surface area contributed by atoms with E-state index in [-0.39, 0.29) is 11.5 Å². The number of halogens is 10. The van der Waals surface area contributed by atoms with E-state index in [1.165, 1.54) is 11.6 Å². The average molecular weight is 699 g/mol. The molecule has 0 saturated carbocycles. The van der Waals surface area contributed by atoms with Crippen molar-refractivity contribution in [2.75, 3.05) is 26.3 Å². The van der Waals surface area contributed by atoms with Gasteiger partial charge in [-0.2, -0.15) is 39.5 Å². The molecular weight excluding hydrogens is 672 g/mol. The summed E-state index contributed by atoms with van der Waals surface area (Å²) in [6.45, 7) is 4.14. The summed E-state index contributed by atoms with van der Waals surface area (Å²) >= 11 is 0. The quantitative estimate of drug-likeness (QED) is 0.350. The van der Waals surface area contributed by atoms with E-state index in [0.717, 1.165) is 45.5 Å². The predicted molar refractivity (Wildman–Crippen MR) is 136 cm³/mol. The largest absolute Gasteiger partial charge is 0.490 e. The molecule has 4 heterocycles. The lowest BCUT2D eigenvalue weighted by Crippen LogP contribution is -2.64. The molecule has 1 unspecified atom stereocenters. The number of likely N-dealkylation sites (tertiary alicyclic amines) is 1. The van der Waals surface area contributed by atoms with Crippen LogP contribution in [-0.4, -0.2) is 98.5 Å². The molecule has 21 heteroatoms. The van der Waals surface area contributed by atoms with E-state index in [9.17, 15) is 43.9 Å². The van der Waals surface area contributed by atoms with Crippen LogP contribution in [0, 0.1) is 11.7 Å². The van der Waals surface area contributed by atoms with E-state index in [1.807, 2.05) is 12.3 Å². The third-order valence-electron chi connectivity index (χ3n) is 5.96. The van der Waals surface area contributed by atoms with Gasteiger partial charge in [-0.15, -0.1) is 0 Å². The summed E-state index contributed by atoms with van der Waals surface area (Å²) in [7, 11) is 0. The fourth-order valence-corrected chi connectivity index (χ4v) is 4.03. The molecule has 4 rings (SSSR count). The summed E-state index contributed by atoms with van der Waals surface area (Å²) in [5.74, 6) is -8.02. The highest BCUT2D eigenvalue weighted by molar-refractivity contribution is 5.73. The van der Waals surface area contributed by atoms with Crippen LogP contribution in [0.1, 0.15) is 24.8 Å². The maximum Gasteiger partial charge on any atom is 0.490 e. The van der Waals surface area contributed by atoms with Crippen LogP contribution < -0.4 is 4.74 Å². The highest BCUT2D eigenvalue weighted by Crippen LogP contribution is 2.38. The van der Waals surface area contributed by atoms with Crippen molar-refractivity contribution in [1.82, 2.24) is 14.9 Å². The Morgan fingerprint density at radius 3 is 1.85 bits per heavy atom. The molecule has 0 aromatic carbocycles. The second-order valence-electron chi connectivity index (χ2n) is 9.73. The van der Waals surface area contributed by atoms with Crippen molar-refractivity contribution >= 4 is 17.9 Å². The summed E-state index contributed by atoms with van der Waals surface area (Å²) in [4.78, 5) is 37.2. The van der Waals surface area contributed by atoms with Crippen molar-refractivity contribution in [2.24, 2.45) is 5.92 Å². The number of rotatable bonds is 6. The minimum Gasteiger partial charge on any atom is -0.476 e. The molecule has 0 bridgehead atoms. The molecule has 1 atom stereocenters. The van der Waals surface area contributed by atoms with Crippen molar-refractivity contribution in [3.05, 3.63) is 54.2 Å². The van der Waals surface area contributed by atoms with Crippen LogP contribution in [-0.2, 0) is 25.7 Å². The van der Waals surface area contributed by atoms with Gasteiger partial charge in [-0.05, 0) is 48.9 Å². The fourth-order valence-electron chi connectivity index (χ4n) is 4.03. The number of carboxylic acid groups (broad SMARTS) is 3. The number of alkyl halides is 9. The summed E-state index contributed by atoms with van der Waals surface area (Å²) in [5.41, 5.74) is 1.22. The van der Waals surface area contributed by atoms with Gasteiger partial charge in [-0.25, -0.2) is 23.8 Å². The second-order valence-corrected chi connectivity index (χ2v) is 9.73. The van der Waals surface area contributed by atoms with Gasteiger partial charge >= 0.3 is 36.4 Å². The Morgan fingerprint density at radius 2 is 1.40 bits per heavy atom. The van der Waals surface area contributed by atoms with Crippen LogP contribution in [0.3, 0.4) is 0 Å². The van der Waals surface area contributed by atoms with Gasteiger partial charge in [0, 0.05) is 44.8 Å². The van der Waals surface area contributed by atoms with Crippen LogP contribution >= 0.6 is 0 Å². The van der Waals surface area contributed by atoms with Gasteiger partial charge in [0.05, 0.1) is 12.2 Å². The molecule has 2 aromatic rings. The lowest BCUT2D eigenvalue weighted by molar-refractivity contribution is -0.193. The number of carbonyl (C=O) groups is 3.